The van der Waals surface area contributed by atoms with Crippen molar-refractivity contribution in [1.29, 1.82) is 0 Å². The first-order valence-corrected chi connectivity index (χ1v) is 6.34. The Hall–Kier alpha value is -1.00. The third-order valence-corrected chi connectivity index (χ3v) is 3.63. The molecular weight excluding hydrogens is 236 g/mol. The molecule has 0 aromatic heterocycles. The highest BCUT2D eigenvalue weighted by molar-refractivity contribution is 5.34. The van der Waals surface area contributed by atoms with Gasteiger partial charge >= 0.3 is 0 Å². The summed E-state index contributed by atoms with van der Waals surface area (Å²) in [6.45, 7) is 0.582. The van der Waals surface area contributed by atoms with E-state index >= 15 is 0 Å². The Bertz CT molecular complexity index is 409. The standard InChI is InChI=1S/C14H19F2NO/c1-10-6-7-13(17-8-14(15,16)9-18)12-5-3-2-4-11(10)12/h2-5,10,13,17-18H,6-9H2,1H3. The van der Waals surface area contributed by atoms with Gasteiger partial charge in [-0.3, -0.25) is 0 Å². The summed E-state index contributed by atoms with van der Waals surface area (Å²) >= 11 is 0. The fourth-order valence-electron chi connectivity index (χ4n) is 2.55. The first kappa shape index (κ1) is 13.4. The summed E-state index contributed by atoms with van der Waals surface area (Å²) in [4.78, 5) is 0. The molecule has 18 heavy (non-hydrogen) atoms. The van der Waals surface area contributed by atoms with Crippen LogP contribution >= 0.6 is 0 Å². The SMILES string of the molecule is CC1CCC(NCC(F)(F)CO)c2ccccc21. The van der Waals surface area contributed by atoms with Crippen LogP contribution in [0, 0.1) is 0 Å². The number of alkyl halides is 2. The minimum atomic E-state index is -3.04. The average molecular weight is 255 g/mol. The van der Waals surface area contributed by atoms with Crippen molar-refractivity contribution < 1.29 is 13.9 Å². The van der Waals surface area contributed by atoms with Crippen LogP contribution in [0.1, 0.15) is 42.9 Å². The highest BCUT2D eigenvalue weighted by atomic mass is 19.3. The molecule has 0 fully saturated rings. The lowest BCUT2D eigenvalue weighted by atomic mass is 9.81. The molecule has 1 aromatic rings. The molecule has 0 amide bonds. The molecule has 0 spiro atoms. The maximum Gasteiger partial charge on any atom is 0.282 e. The van der Waals surface area contributed by atoms with Gasteiger partial charge in [0.2, 0.25) is 0 Å². The van der Waals surface area contributed by atoms with Gasteiger partial charge in [-0.05, 0) is 29.9 Å². The van der Waals surface area contributed by atoms with Crippen molar-refractivity contribution in [3.63, 3.8) is 0 Å². The lowest BCUT2D eigenvalue weighted by molar-refractivity contribution is -0.0497. The Kier molecular flexibility index (Phi) is 3.97. The van der Waals surface area contributed by atoms with Crippen molar-refractivity contribution >= 4 is 0 Å². The van der Waals surface area contributed by atoms with Gasteiger partial charge in [0, 0.05) is 6.04 Å². The molecule has 0 heterocycles. The Morgan fingerprint density at radius 3 is 2.61 bits per heavy atom. The minimum Gasteiger partial charge on any atom is -0.390 e. The van der Waals surface area contributed by atoms with E-state index in [0.29, 0.717) is 5.92 Å². The molecule has 0 radical (unpaired) electrons. The number of aliphatic hydroxyl groups is 1. The monoisotopic (exact) mass is 255 g/mol. The zero-order valence-corrected chi connectivity index (χ0v) is 10.5. The maximum absolute atomic E-state index is 13.0. The quantitative estimate of drug-likeness (QED) is 0.867. The molecule has 1 aliphatic rings. The van der Waals surface area contributed by atoms with E-state index in [-0.39, 0.29) is 6.04 Å². The fraction of sp³-hybridized carbons (Fsp3) is 0.571. The van der Waals surface area contributed by atoms with Crippen LogP contribution in [0.2, 0.25) is 0 Å². The normalized spacial score (nSPS) is 23.8. The van der Waals surface area contributed by atoms with Crippen LogP contribution in [0.25, 0.3) is 0 Å². The van der Waals surface area contributed by atoms with E-state index in [9.17, 15) is 8.78 Å². The van der Waals surface area contributed by atoms with Crippen molar-refractivity contribution in [2.45, 2.75) is 37.6 Å². The third-order valence-electron chi connectivity index (χ3n) is 3.63. The molecule has 0 aliphatic heterocycles. The Morgan fingerprint density at radius 1 is 1.28 bits per heavy atom. The van der Waals surface area contributed by atoms with Gasteiger partial charge in [0.25, 0.3) is 5.92 Å². The lowest BCUT2D eigenvalue weighted by Gasteiger charge is -2.31. The topological polar surface area (TPSA) is 32.3 Å². The molecule has 4 heteroatoms. The van der Waals surface area contributed by atoms with Gasteiger partial charge < -0.3 is 10.4 Å². The summed E-state index contributed by atoms with van der Waals surface area (Å²) in [5.41, 5.74) is 2.36. The van der Waals surface area contributed by atoms with Crippen LogP contribution in [0.3, 0.4) is 0 Å². The predicted molar refractivity (Wildman–Crippen MR) is 66.9 cm³/mol. The molecular formula is C14H19F2NO. The minimum absolute atomic E-state index is 0.0326. The van der Waals surface area contributed by atoms with E-state index in [1.54, 1.807) is 0 Å². The summed E-state index contributed by atoms with van der Waals surface area (Å²) in [6.07, 6.45) is 1.86. The van der Waals surface area contributed by atoms with Gasteiger partial charge in [0.15, 0.2) is 0 Å². The van der Waals surface area contributed by atoms with Crippen LogP contribution < -0.4 is 5.32 Å². The maximum atomic E-state index is 13.0. The molecule has 0 bridgehead atoms. The van der Waals surface area contributed by atoms with E-state index < -0.39 is 19.1 Å². The number of aliphatic hydroxyl groups excluding tert-OH is 1. The van der Waals surface area contributed by atoms with E-state index in [2.05, 4.69) is 18.3 Å². The molecule has 2 atom stereocenters. The highest BCUT2D eigenvalue weighted by Crippen LogP contribution is 2.37. The van der Waals surface area contributed by atoms with E-state index in [1.165, 1.54) is 5.56 Å². The van der Waals surface area contributed by atoms with Crippen molar-refractivity contribution in [3.8, 4) is 0 Å². The largest absolute Gasteiger partial charge is 0.390 e. The van der Waals surface area contributed by atoms with Gasteiger partial charge in [0.05, 0.1) is 6.54 Å². The van der Waals surface area contributed by atoms with Gasteiger partial charge in [-0.25, -0.2) is 8.78 Å². The first-order valence-electron chi connectivity index (χ1n) is 6.34. The summed E-state index contributed by atoms with van der Waals surface area (Å²) in [5, 5.41) is 11.5. The average Bonchev–Trinajstić information content (AvgIpc) is 2.38. The van der Waals surface area contributed by atoms with Crippen LogP contribution in [-0.2, 0) is 0 Å². The molecule has 2 rings (SSSR count). The Morgan fingerprint density at radius 2 is 1.94 bits per heavy atom. The van der Waals surface area contributed by atoms with E-state index in [4.69, 9.17) is 5.11 Å². The molecule has 2 unspecified atom stereocenters. The van der Waals surface area contributed by atoms with Gasteiger partial charge in [0.1, 0.15) is 6.61 Å². The molecule has 0 saturated heterocycles. The first-order chi connectivity index (χ1) is 8.53. The van der Waals surface area contributed by atoms with Gasteiger partial charge in [-0.15, -0.1) is 0 Å². The van der Waals surface area contributed by atoms with Crippen molar-refractivity contribution in [2.75, 3.05) is 13.2 Å². The predicted octanol–water partition coefficient (Wildman–Crippen LogP) is 2.84. The lowest BCUT2D eigenvalue weighted by Crippen LogP contribution is -2.38. The highest BCUT2D eigenvalue weighted by Gasteiger charge is 2.31. The zero-order chi connectivity index (χ0) is 13.2. The number of fused-ring (bicyclic) bond motifs is 1. The van der Waals surface area contributed by atoms with Crippen molar-refractivity contribution in [1.82, 2.24) is 5.32 Å². The van der Waals surface area contributed by atoms with Gasteiger partial charge in [-0.1, -0.05) is 31.2 Å². The third kappa shape index (κ3) is 2.87. The summed E-state index contributed by atoms with van der Waals surface area (Å²) in [7, 11) is 0. The summed E-state index contributed by atoms with van der Waals surface area (Å²) in [5.74, 6) is -2.56. The number of halogens is 2. The van der Waals surface area contributed by atoms with Crippen LogP contribution in [0.15, 0.2) is 24.3 Å². The van der Waals surface area contributed by atoms with Crippen LogP contribution in [0.4, 0.5) is 8.78 Å². The van der Waals surface area contributed by atoms with E-state index in [0.717, 1.165) is 18.4 Å². The number of rotatable bonds is 4. The zero-order valence-electron chi connectivity index (χ0n) is 10.5. The summed E-state index contributed by atoms with van der Waals surface area (Å²) < 4.78 is 26.1. The van der Waals surface area contributed by atoms with E-state index in [1.807, 2.05) is 18.2 Å². The number of hydrogen-bond donors (Lipinski definition) is 2. The second-order valence-electron chi connectivity index (χ2n) is 5.05. The Labute approximate surface area is 106 Å². The molecule has 0 saturated carbocycles. The molecule has 2 N–H and O–H groups in total. The second-order valence-corrected chi connectivity index (χ2v) is 5.05. The number of nitrogens with one attached hydrogen (secondary N) is 1. The van der Waals surface area contributed by atoms with Crippen molar-refractivity contribution in [3.05, 3.63) is 35.4 Å². The number of hydrogen-bond acceptors (Lipinski definition) is 2. The summed E-state index contributed by atoms with van der Waals surface area (Å²) in [6, 6.07) is 7.96. The Balaban J connectivity index is 2.10. The van der Waals surface area contributed by atoms with Crippen LogP contribution in [-0.4, -0.2) is 24.2 Å². The molecule has 2 nitrogen and oxygen atoms in total. The number of benzene rings is 1. The molecule has 1 aliphatic carbocycles. The molecule has 1 aromatic carbocycles. The van der Waals surface area contributed by atoms with Crippen molar-refractivity contribution in [2.24, 2.45) is 0 Å². The smallest absolute Gasteiger partial charge is 0.282 e. The van der Waals surface area contributed by atoms with Gasteiger partial charge in [-0.2, -0.15) is 0 Å². The van der Waals surface area contributed by atoms with Crippen LogP contribution in [0.5, 0.6) is 0 Å². The second kappa shape index (κ2) is 5.33. The molecule has 100 valence electrons. The fourth-order valence-corrected chi connectivity index (χ4v) is 2.55.